The number of rotatable bonds is 5. The van der Waals surface area contributed by atoms with Gasteiger partial charge in [0, 0.05) is 37.6 Å². The van der Waals surface area contributed by atoms with Gasteiger partial charge in [-0.05, 0) is 44.5 Å². The Balaban J connectivity index is 1.41. The van der Waals surface area contributed by atoms with Gasteiger partial charge < -0.3 is 14.5 Å². The molecular weight excluding hydrogens is 406 g/mol. The molecule has 1 saturated heterocycles. The van der Waals surface area contributed by atoms with Crippen molar-refractivity contribution in [3.8, 4) is 5.75 Å². The van der Waals surface area contributed by atoms with E-state index < -0.39 is 0 Å². The molecule has 0 bridgehead atoms. The topological polar surface area (TPSA) is 80.6 Å². The lowest BCUT2D eigenvalue weighted by molar-refractivity contribution is -0.131. The molecule has 168 valence electrons. The smallest absolute Gasteiger partial charge is 0.255 e. The molecule has 1 fully saturated rings. The van der Waals surface area contributed by atoms with Crippen molar-refractivity contribution in [3.05, 3.63) is 53.3 Å². The van der Waals surface area contributed by atoms with E-state index >= 15 is 0 Å². The van der Waals surface area contributed by atoms with E-state index in [1.807, 2.05) is 46.8 Å². The van der Waals surface area contributed by atoms with E-state index in [4.69, 9.17) is 4.74 Å². The zero-order valence-electron chi connectivity index (χ0n) is 19.0. The molecule has 0 saturated carbocycles. The quantitative estimate of drug-likeness (QED) is 0.616. The number of benzene rings is 1. The lowest BCUT2D eigenvalue weighted by atomic mass is 10.1. The zero-order valence-corrected chi connectivity index (χ0v) is 19.0. The van der Waals surface area contributed by atoms with E-state index in [9.17, 15) is 9.59 Å². The van der Waals surface area contributed by atoms with Crippen LogP contribution in [0.4, 0.5) is 0 Å². The Kier molecular flexibility index (Phi) is 6.12. The molecule has 0 radical (unpaired) electrons. The summed E-state index contributed by atoms with van der Waals surface area (Å²) in [7, 11) is 1.61. The first-order valence-electron chi connectivity index (χ1n) is 10.9. The highest BCUT2D eigenvalue weighted by Gasteiger charge is 2.26. The minimum absolute atomic E-state index is 0.0471. The number of nitrogens with zero attached hydrogens (tertiary/aromatic N) is 5. The second-order valence-corrected chi connectivity index (χ2v) is 8.42. The summed E-state index contributed by atoms with van der Waals surface area (Å²) in [6.07, 6.45) is 2.08. The molecule has 4 rings (SSSR count). The van der Waals surface area contributed by atoms with Crippen molar-refractivity contribution in [2.75, 3.05) is 33.3 Å². The van der Waals surface area contributed by atoms with E-state index in [0.29, 0.717) is 43.9 Å². The van der Waals surface area contributed by atoms with Gasteiger partial charge in [-0.2, -0.15) is 5.10 Å². The minimum atomic E-state index is -0.0471. The van der Waals surface area contributed by atoms with Gasteiger partial charge in [0.2, 0.25) is 5.91 Å². The van der Waals surface area contributed by atoms with Crippen molar-refractivity contribution in [2.45, 2.75) is 33.2 Å². The standard InChI is InChI=1S/C24H29N5O3/c1-16(2)29-23-19(15-25-29)14-21(17(3)26-23)24(31)28-10-8-27(9-11-28)22(30)13-18-6-5-7-20(12-18)32-4/h5-7,12,14-16H,8-11,13H2,1-4H3. The average molecular weight is 436 g/mol. The van der Waals surface area contributed by atoms with Gasteiger partial charge in [0.05, 0.1) is 31.0 Å². The van der Waals surface area contributed by atoms with Gasteiger partial charge in [0.15, 0.2) is 5.65 Å². The molecule has 3 aromatic rings. The summed E-state index contributed by atoms with van der Waals surface area (Å²) in [4.78, 5) is 34.2. The monoisotopic (exact) mass is 435 g/mol. The van der Waals surface area contributed by atoms with Crippen LogP contribution in [0.15, 0.2) is 36.5 Å². The molecule has 8 heteroatoms. The molecule has 2 amide bonds. The molecule has 32 heavy (non-hydrogen) atoms. The number of carbonyl (C=O) groups excluding carboxylic acids is 2. The fourth-order valence-electron chi connectivity index (χ4n) is 4.06. The van der Waals surface area contributed by atoms with Gasteiger partial charge in [-0.25, -0.2) is 9.67 Å². The number of pyridine rings is 1. The molecule has 0 unspecified atom stereocenters. The summed E-state index contributed by atoms with van der Waals surface area (Å²) >= 11 is 0. The van der Waals surface area contributed by atoms with E-state index in [1.165, 1.54) is 0 Å². The van der Waals surface area contributed by atoms with Gasteiger partial charge in [0.25, 0.3) is 5.91 Å². The second kappa shape index (κ2) is 8.98. The fourth-order valence-corrected chi connectivity index (χ4v) is 4.06. The van der Waals surface area contributed by atoms with Crippen molar-refractivity contribution < 1.29 is 14.3 Å². The molecule has 8 nitrogen and oxygen atoms in total. The summed E-state index contributed by atoms with van der Waals surface area (Å²) in [5, 5.41) is 5.26. The number of aryl methyl sites for hydroxylation is 1. The van der Waals surface area contributed by atoms with Crippen LogP contribution in [0.3, 0.4) is 0 Å². The molecule has 1 aliphatic heterocycles. The second-order valence-electron chi connectivity index (χ2n) is 8.42. The number of amides is 2. The Hall–Kier alpha value is -3.42. The summed E-state index contributed by atoms with van der Waals surface area (Å²) in [5.74, 6) is 0.755. The summed E-state index contributed by atoms with van der Waals surface area (Å²) in [5.41, 5.74) is 3.00. The summed E-state index contributed by atoms with van der Waals surface area (Å²) in [6, 6.07) is 9.63. The summed E-state index contributed by atoms with van der Waals surface area (Å²) in [6.45, 7) is 8.02. The molecule has 0 spiro atoms. The van der Waals surface area contributed by atoms with Crippen LogP contribution in [0.25, 0.3) is 11.0 Å². The van der Waals surface area contributed by atoms with Crippen molar-refractivity contribution in [1.29, 1.82) is 0 Å². The fraction of sp³-hybridized carbons (Fsp3) is 0.417. The van der Waals surface area contributed by atoms with Crippen LogP contribution in [-0.4, -0.2) is 69.7 Å². The lowest BCUT2D eigenvalue weighted by Crippen LogP contribution is -2.51. The molecule has 0 aliphatic carbocycles. The Morgan fingerprint density at radius 2 is 1.81 bits per heavy atom. The third-order valence-electron chi connectivity index (χ3n) is 5.89. The maximum absolute atomic E-state index is 13.2. The maximum atomic E-state index is 13.2. The molecule has 1 aromatic carbocycles. The molecule has 0 atom stereocenters. The highest BCUT2D eigenvalue weighted by Crippen LogP contribution is 2.21. The first-order valence-corrected chi connectivity index (χ1v) is 10.9. The molecule has 0 N–H and O–H groups in total. The van der Waals surface area contributed by atoms with E-state index in [-0.39, 0.29) is 17.9 Å². The van der Waals surface area contributed by atoms with Gasteiger partial charge >= 0.3 is 0 Å². The Morgan fingerprint density at radius 1 is 1.09 bits per heavy atom. The maximum Gasteiger partial charge on any atom is 0.255 e. The number of methoxy groups -OCH3 is 1. The van der Waals surface area contributed by atoms with Gasteiger partial charge in [-0.1, -0.05) is 12.1 Å². The van der Waals surface area contributed by atoms with E-state index in [0.717, 1.165) is 22.3 Å². The van der Waals surface area contributed by atoms with Gasteiger partial charge in [-0.3, -0.25) is 9.59 Å². The van der Waals surface area contributed by atoms with Crippen LogP contribution in [0, 0.1) is 6.92 Å². The van der Waals surface area contributed by atoms with Crippen LogP contribution >= 0.6 is 0 Å². The third kappa shape index (κ3) is 4.30. The highest BCUT2D eigenvalue weighted by atomic mass is 16.5. The van der Waals surface area contributed by atoms with Gasteiger partial charge in [-0.15, -0.1) is 0 Å². The predicted octanol–water partition coefficient (Wildman–Crippen LogP) is 2.86. The SMILES string of the molecule is COc1cccc(CC(=O)N2CCN(C(=O)c3cc4cnn(C(C)C)c4nc3C)CC2)c1. The van der Waals surface area contributed by atoms with E-state index in [2.05, 4.69) is 23.9 Å². The number of hydrogen-bond acceptors (Lipinski definition) is 5. The van der Waals surface area contributed by atoms with Gasteiger partial charge in [0.1, 0.15) is 5.75 Å². The van der Waals surface area contributed by atoms with Crippen LogP contribution in [0.2, 0.25) is 0 Å². The average Bonchev–Trinajstić information content (AvgIpc) is 3.21. The molecule has 2 aromatic heterocycles. The lowest BCUT2D eigenvalue weighted by Gasteiger charge is -2.35. The molecule has 3 heterocycles. The summed E-state index contributed by atoms with van der Waals surface area (Å²) < 4.78 is 7.10. The third-order valence-corrected chi connectivity index (χ3v) is 5.89. The van der Waals surface area contributed by atoms with Crippen LogP contribution in [0.1, 0.15) is 41.5 Å². The first-order chi connectivity index (χ1) is 15.4. The van der Waals surface area contributed by atoms with Crippen LogP contribution in [0.5, 0.6) is 5.75 Å². The minimum Gasteiger partial charge on any atom is -0.497 e. The van der Waals surface area contributed by atoms with Crippen LogP contribution in [-0.2, 0) is 11.2 Å². The van der Waals surface area contributed by atoms with Crippen molar-refractivity contribution in [1.82, 2.24) is 24.6 Å². The Labute approximate surface area is 187 Å². The zero-order chi connectivity index (χ0) is 22.8. The van der Waals surface area contributed by atoms with Crippen LogP contribution < -0.4 is 4.74 Å². The number of ether oxygens (including phenoxy) is 1. The van der Waals surface area contributed by atoms with Crippen molar-refractivity contribution in [2.24, 2.45) is 0 Å². The number of hydrogen-bond donors (Lipinski definition) is 0. The van der Waals surface area contributed by atoms with E-state index in [1.54, 1.807) is 18.2 Å². The molecular formula is C24H29N5O3. The van der Waals surface area contributed by atoms with Crippen molar-refractivity contribution in [3.63, 3.8) is 0 Å². The molecule has 1 aliphatic rings. The Morgan fingerprint density at radius 3 is 2.50 bits per heavy atom. The number of aromatic nitrogens is 3. The number of carbonyl (C=O) groups is 2. The number of piperazine rings is 1. The normalized spacial score (nSPS) is 14.3. The highest BCUT2D eigenvalue weighted by molar-refractivity contribution is 5.98. The Bertz CT molecular complexity index is 1150. The van der Waals surface area contributed by atoms with Crippen molar-refractivity contribution >= 4 is 22.8 Å². The largest absolute Gasteiger partial charge is 0.497 e. The first kappa shape index (κ1) is 21.8. The number of fused-ring (bicyclic) bond motifs is 1. The predicted molar refractivity (Wildman–Crippen MR) is 122 cm³/mol.